The summed E-state index contributed by atoms with van der Waals surface area (Å²) in [4.78, 5) is 54.0. The molecule has 4 atom stereocenters. The molecule has 11 nitrogen and oxygen atoms in total. The smallest absolute Gasteiger partial charge is 0.422 e. The lowest BCUT2D eigenvalue weighted by molar-refractivity contribution is -0.209. The number of benzene rings is 2. The highest BCUT2D eigenvalue weighted by molar-refractivity contribution is 5.97. The molecule has 52 heavy (non-hydrogen) atoms. The number of aliphatic hydroxyl groups excluding tert-OH is 1. The van der Waals surface area contributed by atoms with Crippen LogP contribution >= 0.6 is 0 Å². The molecular weight excluding hydrogens is 685 g/mol. The second-order valence-corrected chi connectivity index (χ2v) is 13.6. The van der Waals surface area contributed by atoms with Gasteiger partial charge in [-0.1, -0.05) is 42.5 Å². The van der Waals surface area contributed by atoms with Crippen molar-refractivity contribution in [3.63, 3.8) is 0 Å². The van der Waals surface area contributed by atoms with Gasteiger partial charge in [0.05, 0.1) is 12.2 Å². The van der Waals surface area contributed by atoms with Gasteiger partial charge in [-0.05, 0) is 61.1 Å². The number of nitrogens with zero attached hydrogens (tertiary/aromatic N) is 1. The van der Waals surface area contributed by atoms with Crippen LogP contribution in [0.1, 0.15) is 53.6 Å². The number of hydrogen-bond donors (Lipinski definition) is 2. The lowest BCUT2D eigenvalue weighted by Gasteiger charge is -2.33. The van der Waals surface area contributed by atoms with Crippen molar-refractivity contribution in [3.05, 3.63) is 89.0 Å². The van der Waals surface area contributed by atoms with E-state index in [0.29, 0.717) is 11.1 Å². The van der Waals surface area contributed by atoms with Crippen LogP contribution in [0.5, 0.6) is 0 Å². The molecular formula is C38H41F3N2O9. The Hall–Kier alpha value is -4.53. The average molecular weight is 727 g/mol. The molecule has 3 aliphatic carbocycles. The molecule has 2 N–H and O–H groups in total. The van der Waals surface area contributed by atoms with Crippen LogP contribution in [0.4, 0.5) is 13.2 Å². The summed E-state index contributed by atoms with van der Waals surface area (Å²) < 4.78 is 60.5. The van der Waals surface area contributed by atoms with E-state index in [-0.39, 0.29) is 43.4 Å². The Labute approximate surface area is 298 Å². The van der Waals surface area contributed by atoms with Gasteiger partial charge in [-0.3, -0.25) is 9.59 Å². The molecule has 0 radical (unpaired) electrons. The van der Waals surface area contributed by atoms with Crippen molar-refractivity contribution < 1.29 is 56.4 Å². The zero-order valence-corrected chi connectivity index (χ0v) is 28.6. The molecule has 2 saturated carbocycles. The van der Waals surface area contributed by atoms with E-state index in [4.69, 9.17) is 14.2 Å². The van der Waals surface area contributed by atoms with E-state index >= 15 is 0 Å². The molecule has 4 aliphatic rings. The Morgan fingerprint density at radius 1 is 1.02 bits per heavy atom. The van der Waals surface area contributed by atoms with E-state index in [1.165, 1.54) is 35.2 Å². The zero-order valence-electron chi connectivity index (χ0n) is 28.6. The number of nitrogens with one attached hydrogen (secondary N) is 1. The van der Waals surface area contributed by atoms with Gasteiger partial charge in [0.2, 0.25) is 11.8 Å². The largest absolute Gasteiger partial charge is 0.456 e. The number of hydrogen-bond acceptors (Lipinski definition) is 9. The third kappa shape index (κ3) is 8.91. The highest BCUT2D eigenvalue weighted by Gasteiger charge is 2.64. The number of likely N-dealkylation sites (N-methyl/N-ethyl adjacent to an activating group) is 1. The van der Waals surface area contributed by atoms with Crippen LogP contribution in [0.15, 0.2) is 72.3 Å². The third-order valence-electron chi connectivity index (χ3n) is 9.65. The number of carbonyl (C=O) groups excluding carboxylic acids is 4. The second kappa shape index (κ2) is 15.6. The summed E-state index contributed by atoms with van der Waals surface area (Å²) in [6.07, 6.45) is 0.954. The Bertz CT molecular complexity index is 1680. The van der Waals surface area contributed by atoms with Crippen LogP contribution in [0, 0.1) is 11.8 Å². The topological polar surface area (TPSA) is 141 Å². The number of aliphatic hydroxyl groups is 1. The number of rotatable bonds is 14. The van der Waals surface area contributed by atoms with Crippen LogP contribution in [-0.2, 0) is 39.8 Å². The van der Waals surface area contributed by atoms with Gasteiger partial charge in [0.1, 0.15) is 24.4 Å². The van der Waals surface area contributed by atoms with Crippen LogP contribution in [0.2, 0.25) is 0 Å². The van der Waals surface area contributed by atoms with Crippen LogP contribution < -0.4 is 5.32 Å². The number of esters is 2. The standard InChI is InChI=1S/C38H41F3N2O9/c1-43(29(34(46)42-17-18-44)19-24-5-3-2-4-6-24)35(47)26-20-30(33-31(21-26)51-38(52-33,27-12-13-27)28-14-15-28)50-36(48)25-10-7-23(8-11-25)9-16-32(45)49-22-37(39,40)41/h2-11,16,21,27-31,33,44H,12-15,17-20,22H2,1H3,(H,42,46). The van der Waals surface area contributed by atoms with E-state index in [1.807, 2.05) is 30.3 Å². The summed E-state index contributed by atoms with van der Waals surface area (Å²) >= 11 is 0. The fourth-order valence-electron chi connectivity index (χ4n) is 6.77. The van der Waals surface area contributed by atoms with Gasteiger partial charge in [0.15, 0.2) is 12.4 Å². The number of fused-ring (bicyclic) bond motifs is 1. The fourth-order valence-corrected chi connectivity index (χ4v) is 6.77. The molecule has 6 rings (SSSR count). The summed E-state index contributed by atoms with van der Waals surface area (Å²) in [6.45, 7) is -1.94. The number of amides is 2. The molecule has 1 aliphatic heterocycles. The summed E-state index contributed by atoms with van der Waals surface area (Å²) in [5.74, 6) is -3.15. The van der Waals surface area contributed by atoms with Crippen molar-refractivity contribution in [2.75, 3.05) is 26.8 Å². The molecule has 1 heterocycles. The van der Waals surface area contributed by atoms with Crippen molar-refractivity contribution in [2.45, 2.75) is 74.8 Å². The average Bonchev–Trinajstić information content (AvgIpc) is 4.08. The summed E-state index contributed by atoms with van der Waals surface area (Å²) in [6, 6.07) is 14.2. The Morgan fingerprint density at radius 3 is 2.31 bits per heavy atom. The molecule has 2 aromatic rings. The van der Waals surface area contributed by atoms with E-state index in [9.17, 15) is 37.5 Å². The maximum Gasteiger partial charge on any atom is 0.422 e. The summed E-state index contributed by atoms with van der Waals surface area (Å²) in [5.41, 5.74) is 1.73. The van der Waals surface area contributed by atoms with Gasteiger partial charge in [0, 0.05) is 49.9 Å². The van der Waals surface area contributed by atoms with Gasteiger partial charge < -0.3 is 34.3 Å². The highest BCUT2D eigenvalue weighted by Crippen LogP contribution is 2.59. The molecule has 2 aromatic carbocycles. The number of ether oxygens (including phenoxy) is 4. The fraction of sp³-hybridized carbons (Fsp3) is 0.474. The van der Waals surface area contributed by atoms with Crippen LogP contribution in [0.3, 0.4) is 0 Å². The zero-order chi connectivity index (χ0) is 37.0. The molecule has 278 valence electrons. The van der Waals surface area contributed by atoms with Crippen molar-refractivity contribution in [3.8, 4) is 0 Å². The van der Waals surface area contributed by atoms with Crippen molar-refractivity contribution in [1.29, 1.82) is 0 Å². The minimum absolute atomic E-state index is 0.00201. The van der Waals surface area contributed by atoms with Crippen LogP contribution in [0.25, 0.3) is 6.08 Å². The first-order chi connectivity index (χ1) is 24.9. The van der Waals surface area contributed by atoms with E-state index < -0.39 is 66.7 Å². The Balaban J connectivity index is 1.20. The maximum atomic E-state index is 14.2. The van der Waals surface area contributed by atoms with Gasteiger partial charge in [0.25, 0.3) is 0 Å². The molecule has 2 amide bonds. The highest BCUT2D eigenvalue weighted by atomic mass is 19.4. The maximum absolute atomic E-state index is 14.2. The van der Waals surface area contributed by atoms with Crippen molar-refractivity contribution in [1.82, 2.24) is 10.2 Å². The summed E-state index contributed by atoms with van der Waals surface area (Å²) in [7, 11) is 1.54. The lowest BCUT2D eigenvalue weighted by atomic mass is 9.90. The first kappa shape index (κ1) is 37.2. The van der Waals surface area contributed by atoms with Crippen molar-refractivity contribution in [2.24, 2.45) is 11.8 Å². The molecule has 4 unspecified atom stereocenters. The number of alkyl halides is 3. The first-order valence-corrected chi connectivity index (χ1v) is 17.4. The minimum Gasteiger partial charge on any atom is -0.456 e. The second-order valence-electron chi connectivity index (χ2n) is 13.6. The van der Waals surface area contributed by atoms with Gasteiger partial charge in [-0.15, -0.1) is 0 Å². The molecule has 0 aromatic heterocycles. The molecule has 0 bridgehead atoms. The summed E-state index contributed by atoms with van der Waals surface area (Å²) in [5, 5.41) is 12.0. The monoisotopic (exact) mass is 726 g/mol. The predicted octanol–water partition coefficient (Wildman–Crippen LogP) is 4.14. The number of halogens is 3. The van der Waals surface area contributed by atoms with E-state index in [1.54, 1.807) is 13.1 Å². The Kier molecular flexibility index (Phi) is 11.2. The van der Waals surface area contributed by atoms with E-state index in [0.717, 1.165) is 37.3 Å². The third-order valence-corrected chi connectivity index (χ3v) is 9.65. The molecule has 1 saturated heterocycles. The van der Waals surface area contributed by atoms with Gasteiger partial charge in [-0.2, -0.15) is 13.2 Å². The van der Waals surface area contributed by atoms with Crippen molar-refractivity contribution >= 4 is 29.8 Å². The molecule has 3 fully saturated rings. The van der Waals surface area contributed by atoms with E-state index in [2.05, 4.69) is 10.1 Å². The SMILES string of the molecule is CN(C(=O)C1=CC2OC(C3CC3)(C3CC3)OC2C(OC(=O)c2ccc(C=CC(=O)OCC(F)(F)F)cc2)C1)C(Cc1ccccc1)C(=O)NCCO. The van der Waals surface area contributed by atoms with Gasteiger partial charge in [-0.25, -0.2) is 9.59 Å². The molecule has 0 spiro atoms. The van der Waals surface area contributed by atoms with Gasteiger partial charge >= 0.3 is 18.1 Å². The molecule has 14 heteroatoms. The lowest BCUT2D eigenvalue weighted by Crippen LogP contribution is -2.51. The quantitative estimate of drug-likeness (QED) is 0.217. The minimum atomic E-state index is -4.64. The Morgan fingerprint density at radius 2 is 1.69 bits per heavy atom. The predicted molar refractivity (Wildman–Crippen MR) is 179 cm³/mol. The number of carbonyl (C=O) groups is 4. The first-order valence-electron chi connectivity index (χ1n) is 17.4. The normalized spacial score (nSPS) is 22.9. The van der Waals surface area contributed by atoms with Crippen LogP contribution in [-0.4, -0.2) is 96.9 Å².